The van der Waals surface area contributed by atoms with E-state index in [0.717, 1.165) is 79.4 Å². The second-order valence-corrected chi connectivity index (χ2v) is 17.9. The summed E-state index contributed by atoms with van der Waals surface area (Å²) in [6.45, 7) is 4.61. The fraction of sp³-hybridized carbons (Fsp3) is 0.0968. The van der Waals surface area contributed by atoms with E-state index >= 15 is 0 Å². The Morgan fingerprint density at radius 1 is 0.409 bits per heavy atom. The van der Waals surface area contributed by atoms with Crippen LogP contribution in [-0.4, -0.2) is 19.9 Å². The van der Waals surface area contributed by atoms with Crippen LogP contribution in [0, 0.1) is 5.92 Å². The smallest absolute Gasteiger partial charge is 0.164 e. The van der Waals surface area contributed by atoms with Crippen molar-refractivity contribution < 1.29 is 0 Å². The quantitative estimate of drug-likeness (QED) is 0.160. The third-order valence-electron chi connectivity index (χ3n) is 13.7. The first kappa shape index (κ1) is 39.5. The molecule has 314 valence electrons. The van der Waals surface area contributed by atoms with Gasteiger partial charge in [-0.1, -0.05) is 184 Å². The van der Waals surface area contributed by atoms with Gasteiger partial charge in [-0.15, -0.1) is 0 Å². The zero-order valence-electron chi connectivity index (χ0n) is 37.0. The Kier molecular flexibility index (Phi) is 9.87. The van der Waals surface area contributed by atoms with Crippen molar-refractivity contribution in [1.29, 1.82) is 0 Å². The monoisotopic (exact) mass is 846 g/mol. The van der Waals surface area contributed by atoms with Crippen LogP contribution >= 0.6 is 0 Å². The van der Waals surface area contributed by atoms with Gasteiger partial charge < -0.3 is 0 Å². The van der Waals surface area contributed by atoms with Crippen LogP contribution in [0.1, 0.15) is 55.3 Å². The van der Waals surface area contributed by atoms with Gasteiger partial charge in [-0.05, 0) is 132 Å². The van der Waals surface area contributed by atoms with E-state index in [0.29, 0.717) is 29.3 Å². The minimum Gasteiger partial charge on any atom is -0.256 e. The van der Waals surface area contributed by atoms with Gasteiger partial charge in [0.25, 0.3) is 0 Å². The SMILES string of the molecule is CC1CC=c2ccccc2=C1c1ncccc1-c1ccc(-c2cc(-c3ccc4ccccc4c3)cc(-c3nc(C4=CCC(C)c5ccccc54)nc(-c4cccc5ccccc45)n3)c2)cc1. The first-order valence-electron chi connectivity index (χ1n) is 23.1. The number of hydrogen-bond donors (Lipinski definition) is 0. The highest BCUT2D eigenvalue weighted by Crippen LogP contribution is 2.40. The summed E-state index contributed by atoms with van der Waals surface area (Å²) >= 11 is 0. The zero-order valence-corrected chi connectivity index (χ0v) is 37.0. The zero-order chi connectivity index (χ0) is 44.1. The molecule has 66 heavy (non-hydrogen) atoms. The molecular formula is C62H46N4. The van der Waals surface area contributed by atoms with E-state index < -0.39 is 0 Å². The van der Waals surface area contributed by atoms with Crippen molar-refractivity contribution in [2.45, 2.75) is 32.6 Å². The largest absolute Gasteiger partial charge is 0.256 e. The van der Waals surface area contributed by atoms with E-state index in [-0.39, 0.29) is 0 Å². The number of pyridine rings is 1. The van der Waals surface area contributed by atoms with Crippen molar-refractivity contribution >= 4 is 38.8 Å². The summed E-state index contributed by atoms with van der Waals surface area (Å²) in [5.41, 5.74) is 14.5. The summed E-state index contributed by atoms with van der Waals surface area (Å²) in [6.07, 6.45) is 8.51. The maximum Gasteiger partial charge on any atom is 0.164 e. The fourth-order valence-electron chi connectivity index (χ4n) is 10.2. The van der Waals surface area contributed by atoms with Crippen molar-refractivity contribution in [3.05, 3.63) is 233 Å². The first-order chi connectivity index (χ1) is 32.5. The Morgan fingerprint density at radius 3 is 1.94 bits per heavy atom. The Bertz CT molecular complexity index is 3690. The highest BCUT2D eigenvalue weighted by Gasteiger charge is 2.24. The van der Waals surface area contributed by atoms with Crippen LogP contribution in [0.4, 0.5) is 0 Å². The molecule has 4 nitrogen and oxygen atoms in total. The van der Waals surface area contributed by atoms with Crippen molar-refractivity contribution in [2.24, 2.45) is 5.92 Å². The Labute approximate surface area is 385 Å². The molecule has 0 bridgehead atoms. The number of allylic oxidation sites excluding steroid dienone is 1. The molecule has 0 saturated heterocycles. The van der Waals surface area contributed by atoms with Crippen molar-refractivity contribution in [2.75, 3.05) is 0 Å². The van der Waals surface area contributed by atoms with Gasteiger partial charge in [-0.3, -0.25) is 4.98 Å². The van der Waals surface area contributed by atoms with Crippen molar-refractivity contribution in [1.82, 2.24) is 19.9 Å². The Hall–Kier alpha value is -8.08. The lowest BCUT2D eigenvalue weighted by molar-refractivity contribution is 0.766. The van der Waals surface area contributed by atoms with Gasteiger partial charge in [0.1, 0.15) is 0 Å². The van der Waals surface area contributed by atoms with Crippen LogP contribution in [0.3, 0.4) is 0 Å². The summed E-state index contributed by atoms with van der Waals surface area (Å²) in [4.78, 5) is 21.2. The second-order valence-electron chi connectivity index (χ2n) is 17.9. The second kappa shape index (κ2) is 16.5. The molecule has 2 atom stereocenters. The van der Waals surface area contributed by atoms with Gasteiger partial charge in [0, 0.05) is 28.5 Å². The molecule has 0 saturated carbocycles. The van der Waals surface area contributed by atoms with Crippen LogP contribution in [-0.2, 0) is 0 Å². The Balaban J connectivity index is 1.04. The molecule has 0 aliphatic heterocycles. The molecular weight excluding hydrogens is 801 g/mol. The normalized spacial score (nSPS) is 15.5. The molecule has 2 unspecified atom stereocenters. The lowest BCUT2D eigenvalue weighted by atomic mass is 9.83. The third-order valence-corrected chi connectivity index (χ3v) is 13.7. The summed E-state index contributed by atoms with van der Waals surface area (Å²) < 4.78 is 0. The number of hydrogen-bond acceptors (Lipinski definition) is 4. The Morgan fingerprint density at radius 2 is 1.05 bits per heavy atom. The van der Waals surface area contributed by atoms with Gasteiger partial charge in [0.15, 0.2) is 17.5 Å². The van der Waals surface area contributed by atoms with Gasteiger partial charge in [0.2, 0.25) is 0 Å². The molecule has 0 N–H and O–H groups in total. The summed E-state index contributed by atoms with van der Waals surface area (Å²) in [5, 5.41) is 7.21. The number of rotatable bonds is 7. The molecule has 4 heteroatoms. The maximum atomic E-state index is 5.40. The molecule has 0 radical (unpaired) electrons. The topological polar surface area (TPSA) is 51.6 Å². The van der Waals surface area contributed by atoms with Crippen LogP contribution in [0.25, 0.3) is 94.9 Å². The summed E-state index contributed by atoms with van der Waals surface area (Å²) in [7, 11) is 0. The minimum atomic E-state index is 0.355. The van der Waals surface area contributed by atoms with E-state index in [2.05, 4.69) is 214 Å². The summed E-state index contributed by atoms with van der Waals surface area (Å²) in [5.74, 6) is 2.74. The van der Waals surface area contributed by atoms with E-state index in [1.54, 1.807) is 0 Å². The lowest BCUT2D eigenvalue weighted by Gasteiger charge is -2.22. The molecule has 2 aliphatic rings. The maximum absolute atomic E-state index is 5.40. The van der Waals surface area contributed by atoms with Gasteiger partial charge >= 0.3 is 0 Å². The average Bonchev–Trinajstić information content (AvgIpc) is 3.38. The number of aromatic nitrogens is 4. The molecule has 0 fully saturated rings. The highest BCUT2D eigenvalue weighted by atomic mass is 15.0. The van der Waals surface area contributed by atoms with E-state index in [1.165, 1.54) is 37.9 Å². The van der Waals surface area contributed by atoms with Crippen LogP contribution in [0.15, 0.2) is 200 Å². The van der Waals surface area contributed by atoms with Crippen LogP contribution in [0.2, 0.25) is 0 Å². The molecule has 12 rings (SSSR count). The van der Waals surface area contributed by atoms with E-state index in [4.69, 9.17) is 19.9 Å². The molecule has 0 amide bonds. The lowest BCUT2D eigenvalue weighted by Crippen LogP contribution is -2.32. The molecule has 0 spiro atoms. The standard InChI is InChI=1S/C62H46N4/c1-39-25-33-57(55-21-10-9-18-51(39)55)62-65-60(64-61(66-62)56-22-11-17-43-14-5-7-19-52(43)56)50-37-48(36-49(38-50)47-32-29-41-13-3-4-16-46(41)35-47)42-27-30-45(31-28-42)54-23-12-34-63-59(54)58-40(2)24-26-44-15-6-8-20-53(44)58/h3-23,26-40H,24-25H2,1-2H3. The molecule has 8 aromatic carbocycles. The predicted molar refractivity (Wildman–Crippen MR) is 273 cm³/mol. The number of benzene rings is 8. The third kappa shape index (κ3) is 7.12. The number of fused-ring (bicyclic) bond motifs is 4. The van der Waals surface area contributed by atoms with Gasteiger partial charge in [-0.25, -0.2) is 15.0 Å². The minimum absolute atomic E-state index is 0.355. The molecule has 2 aliphatic carbocycles. The molecule has 2 heterocycles. The number of nitrogens with zero attached hydrogens (tertiary/aromatic N) is 4. The highest BCUT2D eigenvalue weighted by molar-refractivity contribution is 5.96. The van der Waals surface area contributed by atoms with Crippen LogP contribution in [0.5, 0.6) is 0 Å². The van der Waals surface area contributed by atoms with Gasteiger partial charge in [-0.2, -0.15) is 0 Å². The van der Waals surface area contributed by atoms with E-state index in [9.17, 15) is 0 Å². The molecule has 10 aromatic rings. The fourth-order valence-corrected chi connectivity index (χ4v) is 10.2. The first-order valence-corrected chi connectivity index (χ1v) is 23.1. The van der Waals surface area contributed by atoms with Crippen LogP contribution < -0.4 is 10.4 Å². The van der Waals surface area contributed by atoms with E-state index in [1.807, 2.05) is 6.20 Å². The predicted octanol–water partition coefficient (Wildman–Crippen LogP) is 13.9. The molecule has 2 aromatic heterocycles. The van der Waals surface area contributed by atoms with Crippen molar-refractivity contribution in [3.8, 4) is 56.2 Å². The van der Waals surface area contributed by atoms with Gasteiger partial charge in [0.05, 0.1) is 5.69 Å². The average molecular weight is 847 g/mol. The summed E-state index contributed by atoms with van der Waals surface area (Å²) in [6, 6.07) is 67.6. The van der Waals surface area contributed by atoms with Crippen molar-refractivity contribution in [3.63, 3.8) is 0 Å².